The van der Waals surface area contributed by atoms with Crippen LogP contribution in [0.1, 0.15) is 11.1 Å². The summed E-state index contributed by atoms with van der Waals surface area (Å²) in [5, 5.41) is -5.88. The number of hydrogen-bond donors (Lipinski definition) is 0. The van der Waals surface area contributed by atoms with E-state index in [1.54, 1.807) is 0 Å². The van der Waals surface area contributed by atoms with E-state index < -0.39 is 33.0 Å². The summed E-state index contributed by atoms with van der Waals surface area (Å²) in [6, 6.07) is 3.61. The van der Waals surface area contributed by atoms with E-state index >= 15 is 0 Å². The van der Waals surface area contributed by atoms with Crippen molar-refractivity contribution in [1.29, 1.82) is 0 Å². The van der Waals surface area contributed by atoms with Crippen LogP contribution in [-0.4, -0.2) is 21.6 Å². The molecule has 12 heteroatoms. The minimum atomic E-state index is -6.57. The lowest BCUT2D eigenvalue weighted by atomic mass is 10.1. The summed E-state index contributed by atoms with van der Waals surface area (Å²) in [5.74, 6) is -6.48. The number of benzene rings is 1. The Hall–Kier alpha value is -0.880. The van der Waals surface area contributed by atoms with Gasteiger partial charge in [0.15, 0.2) is 0 Å². The van der Waals surface area contributed by atoms with Gasteiger partial charge in [0.2, 0.25) is 0 Å². The highest BCUT2D eigenvalue weighted by Gasteiger charge is 2.76. The zero-order valence-corrected chi connectivity index (χ0v) is 16.2. The van der Waals surface area contributed by atoms with Gasteiger partial charge in [-0.25, -0.2) is 4.21 Å². The van der Waals surface area contributed by atoms with Crippen molar-refractivity contribution in [2.45, 2.75) is 28.7 Å². The minimum absolute atomic E-state index is 0.0646. The SMILES string of the molecule is O=S(c1cc(Br)cc(Br)c1Cc1ccoc1)C(F)(F)C(F)(F)C(F)(F)F. The molecule has 0 aliphatic carbocycles. The monoisotopic (exact) mass is 530 g/mol. The van der Waals surface area contributed by atoms with Gasteiger partial charge < -0.3 is 4.42 Å². The van der Waals surface area contributed by atoms with Crippen molar-refractivity contribution in [2.24, 2.45) is 0 Å². The molecule has 1 heterocycles. The first-order valence-electron chi connectivity index (χ1n) is 6.52. The average Bonchev–Trinajstić information content (AvgIpc) is 3.00. The third kappa shape index (κ3) is 3.86. The topological polar surface area (TPSA) is 30.2 Å². The molecule has 1 unspecified atom stereocenters. The number of halogens is 9. The highest BCUT2D eigenvalue weighted by molar-refractivity contribution is 9.11. The zero-order chi connectivity index (χ0) is 19.9. The molecule has 0 fully saturated rings. The highest BCUT2D eigenvalue weighted by atomic mass is 79.9. The van der Waals surface area contributed by atoms with Gasteiger partial charge in [-0.1, -0.05) is 31.9 Å². The van der Waals surface area contributed by atoms with Gasteiger partial charge in [0.05, 0.1) is 17.4 Å². The molecule has 0 bridgehead atoms. The van der Waals surface area contributed by atoms with E-state index in [1.807, 2.05) is 0 Å². The van der Waals surface area contributed by atoms with Crippen molar-refractivity contribution in [1.82, 2.24) is 0 Å². The largest absolute Gasteiger partial charge is 0.472 e. The van der Waals surface area contributed by atoms with Gasteiger partial charge in [-0.05, 0) is 29.3 Å². The van der Waals surface area contributed by atoms with Crippen LogP contribution in [0.2, 0.25) is 0 Å². The van der Waals surface area contributed by atoms with Crippen molar-refractivity contribution >= 4 is 42.7 Å². The van der Waals surface area contributed by atoms with Crippen molar-refractivity contribution in [3.8, 4) is 0 Å². The molecule has 1 atom stereocenters. The van der Waals surface area contributed by atoms with Crippen molar-refractivity contribution < 1.29 is 39.4 Å². The van der Waals surface area contributed by atoms with E-state index in [2.05, 4.69) is 31.9 Å². The molecule has 0 aliphatic rings. The summed E-state index contributed by atoms with van der Waals surface area (Å²) in [6.07, 6.45) is -4.27. The van der Waals surface area contributed by atoms with E-state index in [0.717, 1.165) is 6.07 Å². The second kappa shape index (κ2) is 7.27. The maximum absolute atomic E-state index is 13.9. The predicted molar refractivity (Wildman–Crippen MR) is 85.7 cm³/mol. The molecule has 0 aliphatic heterocycles. The number of rotatable bonds is 5. The van der Waals surface area contributed by atoms with Crippen LogP contribution in [0.25, 0.3) is 0 Å². The van der Waals surface area contributed by atoms with Crippen LogP contribution in [0, 0.1) is 0 Å². The second-order valence-corrected chi connectivity index (χ2v) is 8.29. The Morgan fingerprint density at radius 2 is 1.65 bits per heavy atom. The van der Waals surface area contributed by atoms with Crippen LogP contribution in [0.3, 0.4) is 0 Å². The Morgan fingerprint density at radius 3 is 2.15 bits per heavy atom. The fourth-order valence-corrected chi connectivity index (χ4v) is 4.85. The van der Waals surface area contributed by atoms with Crippen LogP contribution in [0.15, 0.2) is 49.0 Å². The standard InChI is InChI=1S/C14H7Br2F7O2S/c15-8-4-10(16)9(3-7-1-2-25-6-7)11(5-8)26(24)14(22,23)12(17,18)13(19,20)21/h1-2,4-6H,3H2. The van der Waals surface area contributed by atoms with Crippen LogP contribution >= 0.6 is 31.9 Å². The first-order chi connectivity index (χ1) is 11.8. The van der Waals surface area contributed by atoms with Crippen LogP contribution < -0.4 is 0 Å². The number of furan rings is 1. The normalized spacial score (nSPS) is 14.5. The smallest absolute Gasteiger partial charge is 0.461 e. The van der Waals surface area contributed by atoms with Crippen molar-refractivity contribution in [3.63, 3.8) is 0 Å². The molecule has 1 aromatic carbocycles. The van der Waals surface area contributed by atoms with Crippen molar-refractivity contribution in [3.05, 3.63) is 50.8 Å². The van der Waals surface area contributed by atoms with Crippen molar-refractivity contribution in [2.75, 3.05) is 0 Å². The molecule has 26 heavy (non-hydrogen) atoms. The van der Waals surface area contributed by atoms with Crippen LogP contribution in [-0.2, 0) is 17.2 Å². The van der Waals surface area contributed by atoms with E-state index in [4.69, 9.17) is 4.42 Å². The van der Waals surface area contributed by atoms with Gasteiger partial charge >= 0.3 is 17.4 Å². The summed E-state index contributed by atoms with van der Waals surface area (Å²) in [7, 11) is -4.00. The molecule has 144 valence electrons. The molecular weight excluding hydrogens is 525 g/mol. The Balaban J connectivity index is 2.58. The summed E-state index contributed by atoms with van der Waals surface area (Å²) >= 11 is 5.93. The average molecular weight is 532 g/mol. The first-order valence-corrected chi connectivity index (χ1v) is 9.26. The van der Waals surface area contributed by atoms with E-state index in [9.17, 15) is 34.9 Å². The molecule has 0 N–H and O–H groups in total. The molecule has 0 spiro atoms. The van der Waals surface area contributed by atoms with E-state index in [0.29, 0.717) is 5.56 Å². The third-order valence-corrected chi connectivity index (χ3v) is 5.89. The molecule has 0 saturated heterocycles. The van der Waals surface area contributed by atoms with Gasteiger partial charge in [-0.3, -0.25) is 0 Å². The highest BCUT2D eigenvalue weighted by Crippen LogP contribution is 2.50. The predicted octanol–water partition coefficient (Wildman–Crippen LogP) is 6.29. The molecule has 0 radical (unpaired) electrons. The summed E-state index contributed by atoms with van der Waals surface area (Å²) in [5.41, 5.74) is 0.280. The summed E-state index contributed by atoms with van der Waals surface area (Å²) in [4.78, 5) is -0.860. The van der Waals surface area contributed by atoms with Crippen LogP contribution in [0.4, 0.5) is 30.7 Å². The Kier molecular flexibility index (Phi) is 5.99. The van der Waals surface area contributed by atoms with Gasteiger partial charge in [0.1, 0.15) is 10.8 Å². The molecule has 1 aromatic heterocycles. The molecular formula is C14H7Br2F7O2S. The lowest BCUT2D eigenvalue weighted by molar-refractivity contribution is -0.331. The molecule has 2 rings (SSSR count). The van der Waals surface area contributed by atoms with Crippen LogP contribution in [0.5, 0.6) is 0 Å². The first kappa shape index (κ1) is 21.4. The lowest BCUT2D eigenvalue weighted by Crippen LogP contribution is -2.54. The molecule has 0 amide bonds. The molecule has 2 aromatic rings. The Morgan fingerprint density at radius 1 is 1.04 bits per heavy atom. The maximum Gasteiger partial charge on any atom is 0.461 e. The zero-order valence-electron chi connectivity index (χ0n) is 12.2. The maximum atomic E-state index is 13.9. The summed E-state index contributed by atoms with van der Waals surface area (Å²) in [6.45, 7) is 0. The van der Waals surface area contributed by atoms with Gasteiger partial charge in [0, 0.05) is 15.4 Å². The van der Waals surface area contributed by atoms with E-state index in [-0.39, 0.29) is 20.9 Å². The second-order valence-electron chi connectivity index (χ2n) is 5.03. The third-order valence-electron chi connectivity index (χ3n) is 3.23. The Bertz CT molecular complexity index is 819. The molecule has 0 saturated carbocycles. The van der Waals surface area contributed by atoms with E-state index in [1.165, 1.54) is 24.7 Å². The molecule has 2 nitrogen and oxygen atoms in total. The van der Waals surface area contributed by atoms with Gasteiger partial charge in [-0.2, -0.15) is 30.7 Å². The lowest BCUT2D eigenvalue weighted by Gasteiger charge is -2.28. The minimum Gasteiger partial charge on any atom is -0.472 e. The van der Waals surface area contributed by atoms with Gasteiger partial charge in [-0.15, -0.1) is 0 Å². The fourth-order valence-electron chi connectivity index (χ4n) is 1.93. The quantitative estimate of drug-likeness (QED) is 0.424. The number of hydrogen-bond acceptors (Lipinski definition) is 2. The number of alkyl halides is 7. The van der Waals surface area contributed by atoms with Gasteiger partial charge in [0.25, 0.3) is 0 Å². The Labute approximate surface area is 161 Å². The summed E-state index contributed by atoms with van der Waals surface area (Å²) < 4.78 is 108. The fraction of sp³-hybridized carbons (Fsp3) is 0.286.